The molecule has 0 radical (unpaired) electrons. The van der Waals surface area contributed by atoms with E-state index in [1.54, 1.807) is 29.8 Å². The zero-order chi connectivity index (χ0) is 16.4. The number of pyridine rings is 1. The summed E-state index contributed by atoms with van der Waals surface area (Å²) in [6, 6.07) is 4.44. The van der Waals surface area contributed by atoms with Crippen LogP contribution in [0, 0.1) is 5.95 Å². The lowest BCUT2D eigenvalue weighted by Crippen LogP contribution is -2.39. The van der Waals surface area contributed by atoms with E-state index in [9.17, 15) is 14.0 Å². The maximum absolute atomic E-state index is 13.3. The Balaban J connectivity index is 1.93. The number of carbonyl (C=O) groups is 2. The van der Waals surface area contributed by atoms with Gasteiger partial charge < -0.3 is 14.6 Å². The highest BCUT2D eigenvalue weighted by Gasteiger charge is 2.28. The molecule has 1 aliphatic heterocycles. The first-order valence-corrected chi connectivity index (χ1v) is 7.36. The lowest BCUT2D eigenvalue weighted by atomic mass is 10.1. The molecule has 0 saturated heterocycles. The molecule has 7 heteroatoms. The van der Waals surface area contributed by atoms with Gasteiger partial charge in [-0.05, 0) is 24.6 Å². The van der Waals surface area contributed by atoms with Crippen molar-refractivity contribution in [2.75, 3.05) is 13.2 Å². The summed E-state index contributed by atoms with van der Waals surface area (Å²) in [5.41, 5.74) is 1.77. The Morgan fingerprint density at radius 2 is 2.30 bits per heavy atom. The summed E-state index contributed by atoms with van der Waals surface area (Å²) in [4.78, 5) is 27.3. The van der Waals surface area contributed by atoms with Crippen molar-refractivity contribution in [2.24, 2.45) is 0 Å². The number of nitrogens with one attached hydrogen (secondary N) is 1. The molecule has 1 aliphatic rings. The molecule has 6 nitrogen and oxygen atoms in total. The van der Waals surface area contributed by atoms with Crippen LogP contribution in [0.2, 0.25) is 0 Å². The minimum atomic E-state index is -0.584. The Kier molecular flexibility index (Phi) is 4.10. The van der Waals surface area contributed by atoms with Crippen LogP contribution >= 0.6 is 0 Å². The third kappa shape index (κ3) is 3.08. The molecule has 2 aromatic rings. The topological polar surface area (TPSA) is 73.2 Å². The first kappa shape index (κ1) is 15.2. The summed E-state index contributed by atoms with van der Waals surface area (Å²) in [5.74, 6) is -1.12. The highest BCUT2D eigenvalue weighted by molar-refractivity contribution is 5.95. The van der Waals surface area contributed by atoms with Crippen molar-refractivity contribution in [3.05, 3.63) is 42.2 Å². The molecule has 120 valence electrons. The molecule has 0 aromatic carbocycles. The van der Waals surface area contributed by atoms with E-state index in [-0.39, 0.29) is 24.3 Å². The van der Waals surface area contributed by atoms with E-state index in [0.29, 0.717) is 30.0 Å². The molecule has 3 heterocycles. The average molecular weight is 317 g/mol. The molecule has 23 heavy (non-hydrogen) atoms. The predicted octanol–water partition coefficient (Wildman–Crippen LogP) is 1.93. The standard InChI is InChI=1S/C16H16FN3O3/c1-2-23-15(21)7-12-8-19-16(22)13-5-11(9-20(12)13)10-3-4-18-14(17)6-10/h3-6,9,12H,2,7-8H2,1H3,(H,19,22). The normalized spacial score (nSPS) is 16.6. The lowest BCUT2D eigenvalue weighted by molar-refractivity contribution is -0.144. The highest BCUT2D eigenvalue weighted by atomic mass is 19.1. The maximum Gasteiger partial charge on any atom is 0.307 e. The molecule has 2 aromatic heterocycles. The molecule has 0 saturated carbocycles. The first-order valence-electron chi connectivity index (χ1n) is 7.36. The van der Waals surface area contributed by atoms with Gasteiger partial charge >= 0.3 is 5.97 Å². The van der Waals surface area contributed by atoms with Gasteiger partial charge in [0.1, 0.15) is 5.69 Å². The largest absolute Gasteiger partial charge is 0.466 e. The second kappa shape index (κ2) is 6.20. The Bertz CT molecular complexity index is 757. The van der Waals surface area contributed by atoms with Crippen molar-refractivity contribution in [1.29, 1.82) is 0 Å². The quantitative estimate of drug-likeness (QED) is 0.691. The van der Waals surface area contributed by atoms with Crippen molar-refractivity contribution in [3.8, 4) is 11.1 Å². The summed E-state index contributed by atoms with van der Waals surface area (Å²) >= 11 is 0. The van der Waals surface area contributed by atoms with E-state index in [0.717, 1.165) is 0 Å². The zero-order valence-corrected chi connectivity index (χ0v) is 12.6. The minimum Gasteiger partial charge on any atom is -0.466 e. The Morgan fingerprint density at radius 1 is 1.48 bits per heavy atom. The number of amides is 1. The van der Waals surface area contributed by atoms with Crippen LogP contribution in [0.15, 0.2) is 30.6 Å². The zero-order valence-electron chi connectivity index (χ0n) is 12.6. The van der Waals surface area contributed by atoms with Crippen LogP contribution in [0.1, 0.15) is 29.9 Å². The van der Waals surface area contributed by atoms with Gasteiger partial charge in [-0.1, -0.05) is 0 Å². The maximum atomic E-state index is 13.3. The number of rotatable bonds is 4. The number of hydrogen-bond donors (Lipinski definition) is 1. The molecular formula is C16H16FN3O3. The van der Waals surface area contributed by atoms with Gasteiger partial charge in [-0.15, -0.1) is 0 Å². The minimum absolute atomic E-state index is 0.167. The van der Waals surface area contributed by atoms with Gasteiger partial charge in [-0.25, -0.2) is 4.98 Å². The van der Waals surface area contributed by atoms with Gasteiger partial charge in [0.25, 0.3) is 5.91 Å². The van der Waals surface area contributed by atoms with Gasteiger partial charge in [-0.3, -0.25) is 9.59 Å². The fourth-order valence-corrected chi connectivity index (χ4v) is 2.69. The molecule has 1 amide bonds. The molecular weight excluding hydrogens is 301 g/mol. The van der Waals surface area contributed by atoms with E-state index in [4.69, 9.17) is 4.74 Å². The van der Waals surface area contributed by atoms with E-state index in [1.165, 1.54) is 12.3 Å². The van der Waals surface area contributed by atoms with E-state index in [1.807, 2.05) is 0 Å². The molecule has 1 atom stereocenters. The van der Waals surface area contributed by atoms with Crippen LogP contribution in [0.4, 0.5) is 4.39 Å². The summed E-state index contributed by atoms with van der Waals surface area (Å²) in [6.45, 7) is 2.42. The third-order valence-corrected chi connectivity index (χ3v) is 3.74. The van der Waals surface area contributed by atoms with Gasteiger partial charge in [0.15, 0.2) is 0 Å². The first-order chi connectivity index (χ1) is 11.1. The number of aromatic nitrogens is 2. The predicted molar refractivity (Wildman–Crippen MR) is 80.2 cm³/mol. The third-order valence-electron chi connectivity index (χ3n) is 3.74. The molecule has 1 unspecified atom stereocenters. The van der Waals surface area contributed by atoms with Crippen LogP contribution in [-0.2, 0) is 9.53 Å². The van der Waals surface area contributed by atoms with Crippen molar-refractivity contribution in [2.45, 2.75) is 19.4 Å². The smallest absolute Gasteiger partial charge is 0.307 e. The van der Waals surface area contributed by atoms with E-state index >= 15 is 0 Å². The fourth-order valence-electron chi connectivity index (χ4n) is 2.69. The molecule has 3 rings (SSSR count). The van der Waals surface area contributed by atoms with Crippen molar-refractivity contribution >= 4 is 11.9 Å². The summed E-state index contributed by atoms with van der Waals surface area (Å²) < 4.78 is 20.0. The fraction of sp³-hybridized carbons (Fsp3) is 0.312. The SMILES string of the molecule is CCOC(=O)CC1CNC(=O)c2cc(-c3ccnc(F)c3)cn21. The Morgan fingerprint density at radius 3 is 3.04 bits per heavy atom. The lowest BCUT2D eigenvalue weighted by Gasteiger charge is -2.25. The number of hydrogen-bond acceptors (Lipinski definition) is 4. The van der Waals surface area contributed by atoms with Crippen molar-refractivity contribution < 1.29 is 18.7 Å². The van der Waals surface area contributed by atoms with Gasteiger partial charge in [-0.2, -0.15) is 4.39 Å². The number of fused-ring (bicyclic) bond motifs is 1. The van der Waals surface area contributed by atoms with Crippen LogP contribution in [0.25, 0.3) is 11.1 Å². The monoisotopic (exact) mass is 317 g/mol. The highest BCUT2D eigenvalue weighted by Crippen LogP contribution is 2.28. The molecule has 0 fully saturated rings. The summed E-state index contributed by atoms with van der Waals surface area (Å²) in [5, 5.41) is 2.76. The average Bonchev–Trinajstić information content (AvgIpc) is 2.97. The van der Waals surface area contributed by atoms with Crippen LogP contribution in [0.3, 0.4) is 0 Å². The van der Waals surface area contributed by atoms with Crippen LogP contribution in [-0.4, -0.2) is 34.6 Å². The van der Waals surface area contributed by atoms with E-state index < -0.39 is 5.95 Å². The van der Waals surface area contributed by atoms with Crippen molar-refractivity contribution in [1.82, 2.24) is 14.9 Å². The Hall–Kier alpha value is -2.70. The second-order valence-electron chi connectivity index (χ2n) is 5.26. The second-order valence-corrected chi connectivity index (χ2v) is 5.26. The van der Waals surface area contributed by atoms with Gasteiger partial charge in [0, 0.05) is 30.6 Å². The van der Waals surface area contributed by atoms with Crippen LogP contribution < -0.4 is 5.32 Å². The molecule has 0 bridgehead atoms. The number of nitrogens with zero attached hydrogens (tertiary/aromatic N) is 2. The van der Waals surface area contributed by atoms with E-state index in [2.05, 4.69) is 10.3 Å². The van der Waals surface area contributed by atoms with Gasteiger partial charge in [0.05, 0.1) is 19.1 Å². The molecule has 0 spiro atoms. The summed E-state index contributed by atoms with van der Waals surface area (Å²) in [7, 11) is 0. The molecule has 1 N–H and O–H groups in total. The number of ether oxygens (including phenoxy) is 1. The number of esters is 1. The summed E-state index contributed by atoms with van der Waals surface area (Å²) in [6.07, 6.45) is 3.30. The van der Waals surface area contributed by atoms with Gasteiger partial charge in [0.2, 0.25) is 5.95 Å². The molecule has 0 aliphatic carbocycles. The Labute approximate surface area is 132 Å². The number of halogens is 1. The number of carbonyl (C=O) groups excluding carboxylic acids is 2. The van der Waals surface area contributed by atoms with Crippen molar-refractivity contribution in [3.63, 3.8) is 0 Å². The van der Waals surface area contributed by atoms with Crippen LogP contribution in [0.5, 0.6) is 0 Å².